The number of carbonyl (C=O) groups excluding carboxylic acids is 1. The zero-order chi connectivity index (χ0) is 14.3. The number of likely N-dealkylation sites (tertiary alicyclic amines) is 1. The van der Waals surface area contributed by atoms with Crippen LogP contribution >= 0.6 is 15.9 Å². The summed E-state index contributed by atoms with van der Waals surface area (Å²) in [4.78, 5) is 14.7. The molecular formula is C16H21BrN2O. The predicted molar refractivity (Wildman–Crippen MR) is 83.6 cm³/mol. The molecule has 3 atom stereocenters. The van der Waals surface area contributed by atoms with Crippen molar-refractivity contribution in [1.29, 1.82) is 0 Å². The molecule has 20 heavy (non-hydrogen) atoms. The molecule has 2 N–H and O–H groups in total. The summed E-state index contributed by atoms with van der Waals surface area (Å²) in [6.07, 6.45) is 3.54. The van der Waals surface area contributed by atoms with Crippen LogP contribution in [0.4, 0.5) is 0 Å². The summed E-state index contributed by atoms with van der Waals surface area (Å²) in [7, 11) is 0. The average molecular weight is 337 g/mol. The number of fused-ring (bicyclic) bond motifs is 1. The van der Waals surface area contributed by atoms with Gasteiger partial charge in [-0.3, -0.25) is 4.79 Å². The highest BCUT2D eigenvalue weighted by Crippen LogP contribution is 2.36. The van der Waals surface area contributed by atoms with Gasteiger partial charge in [-0.25, -0.2) is 0 Å². The molecule has 0 aromatic heterocycles. The molecule has 1 aliphatic heterocycles. The van der Waals surface area contributed by atoms with Crippen LogP contribution in [0.2, 0.25) is 0 Å². The number of amides is 1. The largest absolute Gasteiger partial charge is 0.338 e. The molecule has 3 rings (SSSR count). The van der Waals surface area contributed by atoms with E-state index in [0.717, 1.165) is 35.1 Å². The third kappa shape index (κ3) is 2.51. The number of nitrogens with two attached hydrogens (primary N) is 1. The number of rotatable bonds is 1. The van der Waals surface area contributed by atoms with Crippen LogP contribution in [-0.4, -0.2) is 29.9 Å². The normalized spacial score (nSPS) is 29.4. The lowest BCUT2D eigenvalue weighted by Crippen LogP contribution is -2.38. The van der Waals surface area contributed by atoms with Crippen molar-refractivity contribution < 1.29 is 4.79 Å². The van der Waals surface area contributed by atoms with Crippen molar-refractivity contribution in [3.63, 3.8) is 0 Å². The van der Waals surface area contributed by atoms with E-state index in [9.17, 15) is 4.79 Å². The number of carbonyl (C=O) groups is 1. The molecule has 108 valence electrons. The Labute approximate surface area is 128 Å². The second-order valence-corrected chi connectivity index (χ2v) is 7.10. The molecule has 1 aromatic rings. The first-order chi connectivity index (χ1) is 9.56. The number of aryl methyl sites for hydroxylation is 1. The van der Waals surface area contributed by atoms with Crippen LogP contribution in [0.25, 0.3) is 0 Å². The van der Waals surface area contributed by atoms with Crippen LogP contribution in [0.3, 0.4) is 0 Å². The van der Waals surface area contributed by atoms with E-state index in [-0.39, 0.29) is 11.9 Å². The smallest absolute Gasteiger partial charge is 0.254 e. The first-order valence-corrected chi connectivity index (χ1v) is 8.16. The number of nitrogens with zero attached hydrogens (tertiary/aromatic N) is 1. The van der Waals surface area contributed by atoms with Gasteiger partial charge in [-0.1, -0.05) is 28.4 Å². The van der Waals surface area contributed by atoms with Gasteiger partial charge in [0.1, 0.15) is 0 Å². The van der Waals surface area contributed by atoms with Crippen molar-refractivity contribution in [3.05, 3.63) is 33.8 Å². The Balaban J connectivity index is 1.80. The van der Waals surface area contributed by atoms with Gasteiger partial charge in [0.05, 0.1) is 0 Å². The van der Waals surface area contributed by atoms with Crippen molar-refractivity contribution in [3.8, 4) is 0 Å². The number of benzene rings is 1. The van der Waals surface area contributed by atoms with E-state index in [1.807, 2.05) is 30.0 Å². The fraction of sp³-hybridized carbons (Fsp3) is 0.562. The molecule has 1 amide bonds. The molecule has 0 bridgehead atoms. The minimum absolute atomic E-state index is 0.158. The second-order valence-electron chi connectivity index (χ2n) is 6.19. The van der Waals surface area contributed by atoms with Gasteiger partial charge in [0, 0.05) is 29.2 Å². The monoisotopic (exact) mass is 336 g/mol. The van der Waals surface area contributed by atoms with Gasteiger partial charge in [-0.15, -0.1) is 0 Å². The second kappa shape index (κ2) is 5.49. The first-order valence-electron chi connectivity index (χ1n) is 7.37. The van der Waals surface area contributed by atoms with Crippen LogP contribution in [0, 0.1) is 18.8 Å². The highest BCUT2D eigenvalue weighted by atomic mass is 79.9. The van der Waals surface area contributed by atoms with E-state index in [2.05, 4.69) is 15.9 Å². The molecule has 1 aromatic carbocycles. The Hall–Kier alpha value is -0.870. The van der Waals surface area contributed by atoms with E-state index >= 15 is 0 Å². The molecule has 1 saturated carbocycles. The number of halogens is 1. The third-order valence-electron chi connectivity index (χ3n) is 4.87. The highest BCUT2D eigenvalue weighted by Gasteiger charge is 2.40. The van der Waals surface area contributed by atoms with E-state index in [0.29, 0.717) is 11.8 Å². The van der Waals surface area contributed by atoms with Gasteiger partial charge in [0.25, 0.3) is 5.91 Å². The molecule has 2 fully saturated rings. The maximum absolute atomic E-state index is 12.7. The van der Waals surface area contributed by atoms with Gasteiger partial charge in [-0.05, 0) is 49.3 Å². The van der Waals surface area contributed by atoms with Crippen LogP contribution in [-0.2, 0) is 0 Å². The fourth-order valence-electron chi connectivity index (χ4n) is 3.68. The van der Waals surface area contributed by atoms with Crippen LogP contribution < -0.4 is 5.73 Å². The van der Waals surface area contributed by atoms with Gasteiger partial charge >= 0.3 is 0 Å². The van der Waals surface area contributed by atoms with Crippen LogP contribution in [0.5, 0.6) is 0 Å². The Morgan fingerprint density at radius 2 is 2.15 bits per heavy atom. The molecule has 2 aliphatic rings. The standard InChI is InChI=1S/C16H21BrN2O/c1-10-5-6-12(17)7-13(10)16(20)19-8-11-3-2-4-15(18)14(11)9-19/h5-7,11,14-15H,2-4,8-9,18H2,1H3. The molecule has 4 heteroatoms. The van der Waals surface area contributed by atoms with Crippen molar-refractivity contribution in [2.45, 2.75) is 32.2 Å². The summed E-state index contributed by atoms with van der Waals surface area (Å²) in [6.45, 7) is 3.70. The van der Waals surface area contributed by atoms with Gasteiger partial charge < -0.3 is 10.6 Å². The highest BCUT2D eigenvalue weighted by molar-refractivity contribution is 9.10. The zero-order valence-corrected chi connectivity index (χ0v) is 13.4. The molecular weight excluding hydrogens is 316 g/mol. The zero-order valence-electron chi connectivity index (χ0n) is 11.8. The Morgan fingerprint density at radius 1 is 1.35 bits per heavy atom. The minimum Gasteiger partial charge on any atom is -0.338 e. The van der Waals surface area contributed by atoms with E-state index in [4.69, 9.17) is 5.73 Å². The SMILES string of the molecule is Cc1ccc(Br)cc1C(=O)N1CC2CCCC(N)C2C1. The fourth-order valence-corrected chi connectivity index (χ4v) is 4.04. The van der Waals surface area contributed by atoms with E-state index in [1.54, 1.807) is 0 Å². The molecule has 0 spiro atoms. The van der Waals surface area contributed by atoms with E-state index in [1.165, 1.54) is 12.8 Å². The third-order valence-corrected chi connectivity index (χ3v) is 5.36. The van der Waals surface area contributed by atoms with Crippen molar-refractivity contribution in [2.75, 3.05) is 13.1 Å². The summed E-state index contributed by atoms with van der Waals surface area (Å²) >= 11 is 3.45. The molecule has 1 saturated heterocycles. The van der Waals surface area contributed by atoms with E-state index < -0.39 is 0 Å². The molecule has 1 aliphatic carbocycles. The summed E-state index contributed by atoms with van der Waals surface area (Å²) < 4.78 is 0.958. The topological polar surface area (TPSA) is 46.3 Å². The minimum atomic E-state index is 0.158. The molecule has 0 radical (unpaired) electrons. The summed E-state index contributed by atoms with van der Waals surface area (Å²) in [5.74, 6) is 1.26. The molecule has 1 heterocycles. The lowest BCUT2D eigenvalue weighted by Gasteiger charge is -2.29. The molecule has 3 unspecified atom stereocenters. The maximum atomic E-state index is 12.7. The predicted octanol–water partition coefficient (Wildman–Crippen LogP) is 2.96. The van der Waals surface area contributed by atoms with Gasteiger partial charge in [0.2, 0.25) is 0 Å². The lowest BCUT2D eigenvalue weighted by molar-refractivity contribution is 0.0782. The summed E-state index contributed by atoms with van der Waals surface area (Å²) in [5.41, 5.74) is 8.08. The Morgan fingerprint density at radius 3 is 2.90 bits per heavy atom. The van der Waals surface area contributed by atoms with Crippen molar-refractivity contribution >= 4 is 21.8 Å². The van der Waals surface area contributed by atoms with Gasteiger partial charge in [0.15, 0.2) is 0 Å². The van der Waals surface area contributed by atoms with Gasteiger partial charge in [-0.2, -0.15) is 0 Å². The summed E-state index contributed by atoms with van der Waals surface area (Å²) in [5, 5.41) is 0. The van der Waals surface area contributed by atoms with Crippen LogP contribution in [0.15, 0.2) is 22.7 Å². The Kier molecular flexibility index (Phi) is 3.87. The lowest BCUT2D eigenvalue weighted by atomic mass is 9.78. The average Bonchev–Trinajstić information content (AvgIpc) is 2.86. The molecule has 3 nitrogen and oxygen atoms in total. The Bertz CT molecular complexity index is 531. The van der Waals surface area contributed by atoms with Crippen molar-refractivity contribution in [2.24, 2.45) is 17.6 Å². The van der Waals surface area contributed by atoms with Crippen molar-refractivity contribution in [1.82, 2.24) is 4.90 Å². The van der Waals surface area contributed by atoms with Crippen LogP contribution in [0.1, 0.15) is 35.2 Å². The number of hydrogen-bond donors (Lipinski definition) is 1. The quantitative estimate of drug-likeness (QED) is 0.856. The maximum Gasteiger partial charge on any atom is 0.254 e. The number of hydrogen-bond acceptors (Lipinski definition) is 2. The summed E-state index contributed by atoms with van der Waals surface area (Å²) in [6, 6.07) is 6.17. The first kappa shape index (κ1) is 14.1.